The summed E-state index contributed by atoms with van der Waals surface area (Å²) in [6, 6.07) is 1.91. The summed E-state index contributed by atoms with van der Waals surface area (Å²) >= 11 is 0. The summed E-state index contributed by atoms with van der Waals surface area (Å²) in [5, 5.41) is 5.33. The first-order valence-corrected chi connectivity index (χ1v) is 8.61. The van der Waals surface area contributed by atoms with Crippen LogP contribution in [0.4, 0.5) is 0 Å². The van der Waals surface area contributed by atoms with E-state index in [1.807, 2.05) is 31.9 Å². The molecule has 3 rings (SSSR count). The van der Waals surface area contributed by atoms with Gasteiger partial charge in [0, 0.05) is 32.4 Å². The predicted molar refractivity (Wildman–Crippen MR) is 95.2 cm³/mol. The standard InChI is InChI=1S/C18H27N5O/c1-12-10-15(16-13(2)20-22(5)17(16)19-12)18(24)23-8-6-14(7-9-23)11-21(3)4/h10,14H,6-9,11H2,1-5H3. The largest absolute Gasteiger partial charge is 0.339 e. The number of rotatable bonds is 3. The van der Waals surface area contributed by atoms with Crippen LogP contribution in [0.5, 0.6) is 0 Å². The molecule has 1 amide bonds. The van der Waals surface area contributed by atoms with Gasteiger partial charge >= 0.3 is 0 Å². The van der Waals surface area contributed by atoms with Gasteiger partial charge in [-0.3, -0.25) is 9.48 Å². The summed E-state index contributed by atoms with van der Waals surface area (Å²) in [5.41, 5.74) is 3.26. The molecular formula is C18H27N5O. The lowest BCUT2D eigenvalue weighted by molar-refractivity contribution is 0.0680. The van der Waals surface area contributed by atoms with E-state index in [0.717, 1.165) is 60.5 Å². The number of carbonyl (C=O) groups is 1. The van der Waals surface area contributed by atoms with Crippen LogP contribution in [0.15, 0.2) is 6.07 Å². The van der Waals surface area contributed by atoms with Crippen molar-refractivity contribution in [1.29, 1.82) is 0 Å². The molecule has 2 aromatic heterocycles. The summed E-state index contributed by atoms with van der Waals surface area (Å²) in [7, 11) is 6.10. The highest BCUT2D eigenvalue weighted by atomic mass is 16.2. The Morgan fingerprint density at radius 2 is 1.96 bits per heavy atom. The number of aryl methyl sites for hydroxylation is 3. The fraction of sp³-hybridized carbons (Fsp3) is 0.611. The van der Waals surface area contributed by atoms with Gasteiger partial charge in [-0.05, 0) is 52.8 Å². The highest BCUT2D eigenvalue weighted by Gasteiger charge is 2.26. The Morgan fingerprint density at radius 1 is 1.29 bits per heavy atom. The molecule has 2 aromatic rings. The van der Waals surface area contributed by atoms with Gasteiger partial charge in [0.2, 0.25) is 0 Å². The summed E-state index contributed by atoms with van der Waals surface area (Å²) in [5.74, 6) is 0.799. The summed E-state index contributed by atoms with van der Waals surface area (Å²) in [6.45, 7) is 6.64. The van der Waals surface area contributed by atoms with Crippen LogP contribution in [-0.2, 0) is 7.05 Å². The van der Waals surface area contributed by atoms with Gasteiger partial charge in [0.25, 0.3) is 5.91 Å². The molecule has 24 heavy (non-hydrogen) atoms. The van der Waals surface area contributed by atoms with E-state index < -0.39 is 0 Å². The van der Waals surface area contributed by atoms with Crippen molar-refractivity contribution in [2.75, 3.05) is 33.7 Å². The van der Waals surface area contributed by atoms with Crippen LogP contribution in [0.25, 0.3) is 11.0 Å². The number of nitrogens with zero attached hydrogens (tertiary/aromatic N) is 5. The van der Waals surface area contributed by atoms with Crippen molar-refractivity contribution in [2.45, 2.75) is 26.7 Å². The molecule has 0 aliphatic carbocycles. The van der Waals surface area contributed by atoms with Gasteiger partial charge in [-0.15, -0.1) is 0 Å². The van der Waals surface area contributed by atoms with Crippen LogP contribution in [0, 0.1) is 19.8 Å². The molecule has 0 atom stereocenters. The number of fused-ring (bicyclic) bond motifs is 1. The highest BCUT2D eigenvalue weighted by molar-refractivity contribution is 6.06. The lowest BCUT2D eigenvalue weighted by atomic mass is 9.95. The molecule has 0 aromatic carbocycles. The topological polar surface area (TPSA) is 54.3 Å². The van der Waals surface area contributed by atoms with E-state index in [1.54, 1.807) is 4.68 Å². The van der Waals surface area contributed by atoms with E-state index in [9.17, 15) is 4.79 Å². The number of piperidine rings is 1. The smallest absolute Gasteiger partial charge is 0.254 e. The Bertz CT molecular complexity index is 756. The maximum Gasteiger partial charge on any atom is 0.254 e. The van der Waals surface area contributed by atoms with E-state index in [1.165, 1.54) is 0 Å². The molecule has 0 radical (unpaired) electrons. The molecule has 3 heterocycles. The minimum Gasteiger partial charge on any atom is -0.339 e. The predicted octanol–water partition coefficient (Wildman–Crippen LogP) is 2.00. The van der Waals surface area contributed by atoms with Gasteiger partial charge in [-0.1, -0.05) is 0 Å². The van der Waals surface area contributed by atoms with Crippen LogP contribution in [0.1, 0.15) is 34.6 Å². The maximum atomic E-state index is 13.1. The fourth-order valence-corrected chi connectivity index (χ4v) is 3.74. The van der Waals surface area contributed by atoms with Crippen molar-refractivity contribution < 1.29 is 4.79 Å². The fourth-order valence-electron chi connectivity index (χ4n) is 3.74. The van der Waals surface area contributed by atoms with E-state index in [0.29, 0.717) is 5.92 Å². The summed E-state index contributed by atoms with van der Waals surface area (Å²) in [6.07, 6.45) is 2.15. The number of pyridine rings is 1. The molecule has 1 aliphatic rings. The molecule has 6 heteroatoms. The molecule has 0 N–H and O–H groups in total. The number of aromatic nitrogens is 3. The Labute approximate surface area is 143 Å². The minimum atomic E-state index is 0.116. The third kappa shape index (κ3) is 3.15. The third-order valence-electron chi connectivity index (χ3n) is 4.85. The molecule has 130 valence electrons. The number of likely N-dealkylation sites (tertiary alicyclic amines) is 1. The van der Waals surface area contributed by atoms with Gasteiger partial charge < -0.3 is 9.80 Å². The lowest BCUT2D eigenvalue weighted by Crippen LogP contribution is -2.40. The van der Waals surface area contributed by atoms with Crippen LogP contribution in [0.2, 0.25) is 0 Å². The van der Waals surface area contributed by atoms with Gasteiger partial charge in [0.05, 0.1) is 16.6 Å². The van der Waals surface area contributed by atoms with Gasteiger partial charge in [-0.2, -0.15) is 5.10 Å². The molecule has 0 saturated carbocycles. The molecule has 0 bridgehead atoms. The van der Waals surface area contributed by atoms with Crippen molar-refractivity contribution in [3.8, 4) is 0 Å². The summed E-state index contributed by atoms with van der Waals surface area (Å²) < 4.78 is 1.76. The normalized spacial score (nSPS) is 16.3. The monoisotopic (exact) mass is 329 g/mol. The second-order valence-corrected chi connectivity index (χ2v) is 7.22. The number of hydrogen-bond acceptors (Lipinski definition) is 4. The molecular weight excluding hydrogens is 302 g/mol. The van der Waals surface area contributed by atoms with Crippen molar-refractivity contribution in [1.82, 2.24) is 24.6 Å². The van der Waals surface area contributed by atoms with Crippen LogP contribution in [0.3, 0.4) is 0 Å². The van der Waals surface area contributed by atoms with E-state index in [4.69, 9.17) is 0 Å². The highest BCUT2D eigenvalue weighted by Crippen LogP contribution is 2.25. The number of hydrogen-bond donors (Lipinski definition) is 0. The minimum absolute atomic E-state index is 0.116. The average Bonchev–Trinajstić information content (AvgIpc) is 2.80. The molecule has 1 saturated heterocycles. The first kappa shape index (κ1) is 16.9. The van der Waals surface area contributed by atoms with Crippen LogP contribution >= 0.6 is 0 Å². The zero-order valence-electron chi connectivity index (χ0n) is 15.3. The molecule has 1 fully saturated rings. The molecule has 0 spiro atoms. The Morgan fingerprint density at radius 3 is 2.58 bits per heavy atom. The zero-order valence-corrected chi connectivity index (χ0v) is 15.3. The third-order valence-corrected chi connectivity index (χ3v) is 4.85. The van der Waals surface area contributed by atoms with E-state index in [2.05, 4.69) is 29.1 Å². The Kier molecular flexibility index (Phi) is 4.58. The first-order valence-electron chi connectivity index (χ1n) is 8.61. The zero-order chi connectivity index (χ0) is 17.4. The lowest BCUT2D eigenvalue weighted by Gasteiger charge is -2.33. The first-order chi connectivity index (χ1) is 11.4. The molecule has 6 nitrogen and oxygen atoms in total. The van der Waals surface area contributed by atoms with Crippen molar-refractivity contribution >= 4 is 16.9 Å². The average molecular weight is 329 g/mol. The van der Waals surface area contributed by atoms with Gasteiger partial charge in [0.15, 0.2) is 5.65 Å². The molecule has 0 unspecified atom stereocenters. The SMILES string of the molecule is Cc1cc(C(=O)N2CCC(CN(C)C)CC2)c2c(C)nn(C)c2n1. The molecule has 1 aliphatic heterocycles. The second-order valence-electron chi connectivity index (χ2n) is 7.22. The van der Waals surface area contributed by atoms with Crippen molar-refractivity contribution in [3.63, 3.8) is 0 Å². The van der Waals surface area contributed by atoms with E-state index >= 15 is 0 Å². The quantitative estimate of drug-likeness (QED) is 0.864. The second kappa shape index (κ2) is 6.51. The number of carbonyl (C=O) groups excluding carboxylic acids is 1. The van der Waals surface area contributed by atoms with Gasteiger partial charge in [-0.25, -0.2) is 4.98 Å². The summed E-state index contributed by atoms with van der Waals surface area (Å²) in [4.78, 5) is 21.9. The van der Waals surface area contributed by atoms with E-state index in [-0.39, 0.29) is 5.91 Å². The van der Waals surface area contributed by atoms with Crippen LogP contribution in [-0.4, -0.2) is 64.2 Å². The van der Waals surface area contributed by atoms with Crippen molar-refractivity contribution in [2.24, 2.45) is 13.0 Å². The number of amides is 1. The Balaban J connectivity index is 1.85. The van der Waals surface area contributed by atoms with Gasteiger partial charge in [0.1, 0.15) is 0 Å². The maximum absolute atomic E-state index is 13.1. The Hall–Kier alpha value is -1.95. The van der Waals surface area contributed by atoms with Crippen molar-refractivity contribution in [3.05, 3.63) is 23.0 Å². The van der Waals surface area contributed by atoms with Crippen LogP contribution < -0.4 is 0 Å².